The van der Waals surface area contributed by atoms with Crippen LogP contribution >= 0.6 is 0 Å². The van der Waals surface area contributed by atoms with E-state index in [2.05, 4.69) is 0 Å². The summed E-state index contributed by atoms with van der Waals surface area (Å²) in [6.45, 7) is 5.40. The van der Waals surface area contributed by atoms with E-state index in [1.165, 1.54) is 12.1 Å². The van der Waals surface area contributed by atoms with Crippen molar-refractivity contribution in [3.63, 3.8) is 0 Å². The van der Waals surface area contributed by atoms with Crippen molar-refractivity contribution in [2.75, 3.05) is 16.4 Å². The predicted octanol–water partition coefficient (Wildman–Crippen LogP) is 4.93. The molecule has 0 bridgehead atoms. The number of carbonyl (C=O) groups is 2. The lowest BCUT2D eigenvalue weighted by Gasteiger charge is -2.32. The van der Waals surface area contributed by atoms with E-state index >= 15 is 0 Å². The van der Waals surface area contributed by atoms with Gasteiger partial charge in [-0.05, 0) is 61.3 Å². The van der Waals surface area contributed by atoms with Gasteiger partial charge in [0.2, 0.25) is 5.91 Å². The number of para-hydroxylation sites is 1. The number of aryl methyl sites for hydroxylation is 1. The van der Waals surface area contributed by atoms with Crippen LogP contribution in [0.2, 0.25) is 18.6 Å². The number of amides is 2. The van der Waals surface area contributed by atoms with Crippen LogP contribution in [0.5, 0.6) is 0 Å². The average molecular weight is 602 g/mol. The van der Waals surface area contributed by atoms with E-state index in [9.17, 15) is 29.6 Å². The number of aliphatic hydroxyl groups excluding tert-OH is 1. The van der Waals surface area contributed by atoms with Gasteiger partial charge in [0.15, 0.2) is 13.9 Å². The third-order valence-corrected chi connectivity index (χ3v) is 11.7. The summed E-state index contributed by atoms with van der Waals surface area (Å²) in [4.78, 5) is 53.5. The molecule has 0 unspecified atom stereocenters. The maximum Gasteiger partial charge on any atom is 0.269 e. The van der Waals surface area contributed by atoms with Crippen LogP contribution in [0.1, 0.15) is 36.5 Å². The Morgan fingerprint density at radius 3 is 2.53 bits per heavy atom. The number of aliphatic hydroxyl groups is 1. The van der Waals surface area contributed by atoms with Gasteiger partial charge in [-0.1, -0.05) is 37.3 Å². The first-order valence-corrected chi connectivity index (χ1v) is 17.6. The molecule has 3 aromatic rings. The normalized spacial score (nSPS) is 24.9. The Labute approximate surface area is 250 Å². The molecule has 3 aliphatic heterocycles. The maximum absolute atomic E-state index is 14.5. The van der Waals surface area contributed by atoms with Crippen molar-refractivity contribution < 1.29 is 29.2 Å². The number of benzene rings is 3. The van der Waals surface area contributed by atoms with Crippen LogP contribution in [0, 0.1) is 16.0 Å². The molecule has 224 valence electrons. The van der Waals surface area contributed by atoms with E-state index in [-0.39, 0.29) is 42.6 Å². The molecule has 3 heterocycles. The molecule has 6 rings (SSSR count). The molecule has 3 aliphatic rings. The van der Waals surface area contributed by atoms with Gasteiger partial charge in [-0.25, -0.2) is 0 Å². The zero-order chi connectivity index (χ0) is 30.7. The Hall–Kier alpha value is -3.90. The standard InChI is InChI=1S/C32H35N3O7Si/c1-20-30(43(2,3)41)28(15-16-36)42-32(20)25-18-24(35(39)40)12-13-27(25)33(31(32)38)19-21-7-6-9-23(17-21)34-26-10-5-4-8-22(26)11-14-29(34)37/h4-10,12-13,17-18,20,28,30,36,41H,11,14-16,19H2,1-3H3/t20-,28+,30-,32+/m0/s1. The summed E-state index contributed by atoms with van der Waals surface area (Å²) >= 11 is 0. The number of nitrogens with zero attached hydrogens (tertiary/aromatic N) is 3. The molecule has 43 heavy (non-hydrogen) atoms. The highest BCUT2D eigenvalue weighted by atomic mass is 28.4. The minimum atomic E-state index is -2.90. The number of anilines is 3. The zero-order valence-corrected chi connectivity index (χ0v) is 25.4. The smallest absolute Gasteiger partial charge is 0.269 e. The van der Waals surface area contributed by atoms with E-state index in [4.69, 9.17) is 4.74 Å². The number of nitro benzene ring substituents is 1. The molecule has 1 spiro atoms. The second-order valence-corrected chi connectivity index (χ2v) is 16.2. The first-order valence-electron chi connectivity index (χ1n) is 14.6. The summed E-state index contributed by atoms with van der Waals surface area (Å²) in [6, 6.07) is 19.7. The number of hydrogen-bond donors (Lipinski definition) is 2. The molecule has 11 heteroatoms. The van der Waals surface area contributed by atoms with Gasteiger partial charge >= 0.3 is 0 Å². The van der Waals surface area contributed by atoms with Gasteiger partial charge in [-0.3, -0.25) is 24.6 Å². The van der Waals surface area contributed by atoms with Crippen LogP contribution in [0.15, 0.2) is 66.7 Å². The zero-order valence-electron chi connectivity index (χ0n) is 24.4. The highest BCUT2D eigenvalue weighted by molar-refractivity contribution is 6.71. The van der Waals surface area contributed by atoms with Crippen LogP contribution in [0.25, 0.3) is 0 Å². The molecule has 0 aliphatic carbocycles. The monoisotopic (exact) mass is 601 g/mol. The molecule has 1 saturated heterocycles. The van der Waals surface area contributed by atoms with Gasteiger partial charge < -0.3 is 19.5 Å². The van der Waals surface area contributed by atoms with Gasteiger partial charge in [0.25, 0.3) is 11.6 Å². The molecule has 0 radical (unpaired) electrons. The Morgan fingerprint density at radius 1 is 1.05 bits per heavy atom. The number of non-ortho nitro benzene ring substituents is 1. The third-order valence-electron chi connectivity index (χ3n) is 9.19. The lowest BCUT2D eigenvalue weighted by molar-refractivity contribution is -0.385. The van der Waals surface area contributed by atoms with Crippen molar-refractivity contribution in [3.8, 4) is 0 Å². The average Bonchev–Trinajstić information content (AvgIpc) is 3.39. The number of nitro groups is 1. The van der Waals surface area contributed by atoms with E-state index in [0.717, 1.165) is 16.8 Å². The highest BCUT2D eigenvalue weighted by Gasteiger charge is 2.66. The van der Waals surface area contributed by atoms with Crippen LogP contribution in [-0.2, 0) is 32.9 Å². The SMILES string of the molecule is C[C@H]1[C@H]([Si](C)(C)O)[C@@H](CCO)O[C@]12C(=O)N(Cc1cccc(N3C(=O)CCc4ccccc43)c1)c1ccc([N+](=O)[O-])cc12. The molecular formula is C32H35N3O7Si. The number of fused-ring (bicyclic) bond motifs is 3. The van der Waals surface area contributed by atoms with Gasteiger partial charge in [0.05, 0.1) is 28.9 Å². The van der Waals surface area contributed by atoms with Gasteiger partial charge in [0, 0.05) is 47.9 Å². The van der Waals surface area contributed by atoms with Crippen LogP contribution < -0.4 is 9.80 Å². The molecule has 2 amide bonds. The summed E-state index contributed by atoms with van der Waals surface area (Å²) in [5.41, 5.74) is 2.23. The van der Waals surface area contributed by atoms with Crippen molar-refractivity contribution >= 4 is 42.9 Å². The second kappa shape index (κ2) is 10.7. The maximum atomic E-state index is 14.5. The van der Waals surface area contributed by atoms with Gasteiger partial charge in [0.1, 0.15) is 0 Å². The fraction of sp³-hybridized carbons (Fsp3) is 0.375. The van der Waals surface area contributed by atoms with Crippen LogP contribution in [0.3, 0.4) is 0 Å². The molecular weight excluding hydrogens is 566 g/mol. The summed E-state index contributed by atoms with van der Waals surface area (Å²) in [5.74, 6) is -0.860. The summed E-state index contributed by atoms with van der Waals surface area (Å²) in [7, 11) is -2.90. The van der Waals surface area contributed by atoms with Crippen LogP contribution in [0.4, 0.5) is 22.7 Å². The molecule has 2 N–H and O–H groups in total. The van der Waals surface area contributed by atoms with Crippen LogP contribution in [-0.4, -0.2) is 47.7 Å². The molecule has 0 aromatic heterocycles. The minimum Gasteiger partial charge on any atom is -0.432 e. The minimum absolute atomic E-state index is 0.00496. The second-order valence-electron chi connectivity index (χ2n) is 12.2. The van der Waals surface area contributed by atoms with E-state index in [0.29, 0.717) is 29.8 Å². The lowest BCUT2D eigenvalue weighted by Crippen LogP contribution is -2.46. The Morgan fingerprint density at radius 2 is 1.81 bits per heavy atom. The number of hydrogen-bond acceptors (Lipinski definition) is 7. The summed E-state index contributed by atoms with van der Waals surface area (Å²) in [5, 5.41) is 21.6. The predicted molar refractivity (Wildman–Crippen MR) is 164 cm³/mol. The lowest BCUT2D eigenvalue weighted by atomic mass is 9.82. The van der Waals surface area contributed by atoms with Crippen molar-refractivity contribution in [1.82, 2.24) is 0 Å². The largest absolute Gasteiger partial charge is 0.432 e. The van der Waals surface area contributed by atoms with Crippen molar-refractivity contribution in [2.45, 2.75) is 63.1 Å². The van der Waals surface area contributed by atoms with E-state index in [1.807, 2.05) is 55.5 Å². The highest BCUT2D eigenvalue weighted by Crippen LogP contribution is 2.60. The fourth-order valence-corrected chi connectivity index (χ4v) is 10.0. The first kappa shape index (κ1) is 29.2. The van der Waals surface area contributed by atoms with Gasteiger partial charge in [-0.2, -0.15) is 0 Å². The molecule has 10 nitrogen and oxygen atoms in total. The molecule has 0 saturated carbocycles. The molecule has 4 atom stereocenters. The number of ether oxygens (including phenoxy) is 1. The molecule has 1 fully saturated rings. The van der Waals surface area contributed by atoms with Gasteiger partial charge in [-0.15, -0.1) is 0 Å². The number of rotatable bonds is 7. The topological polar surface area (TPSA) is 133 Å². The number of carbonyl (C=O) groups excluding carboxylic acids is 2. The quantitative estimate of drug-likeness (QED) is 0.223. The Kier molecular flexibility index (Phi) is 7.24. The summed E-state index contributed by atoms with van der Waals surface area (Å²) < 4.78 is 6.56. The first-order chi connectivity index (χ1) is 20.5. The third kappa shape index (κ3) is 4.67. The van der Waals surface area contributed by atoms with E-state index in [1.54, 1.807) is 29.0 Å². The Bertz CT molecular complexity index is 1620. The molecule has 3 aromatic carbocycles. The fourth-order valence-electron chi connectivity index (χ4n) is 7.42. The van der Waals surface area contributed by atoms with Crippen molar-refractivity contribution in [2.24, 2.45) is 5.92 Å². The van der Waals surface area contributed by atoms with E-state index < -0.39 is 30.9 Å². The Balaban J connectivity index is 1.42. The van der Waals surface area contributed by atoms with Crippen molar-refractivity contribution in [3.05, 3.63) is 93.5 Å². The van der Waals surface area contributed by atoms with Crippen molar-refractivity contribution in [1.29, 1.82) is 0 Å². The summed E-state index contributed by atoms with van der Waals surface area (Å²) in [6.07, 6.45) is 0.730.